The third-order valence-electron chi connectivity index (χ3n) is 2.14. The van der Waals surface area contributed by atoms with Crippen LogP contribution in [-0.2, 0) is 0 Å². The summed E-state index contributed by atoms with van der Waals surface area (Å²) in [7, 11) is 1.38. The average molecular weight is 199 g/mol. The molecule has 0 heterocycles. The number of nitrogens with two attached hydrogens (primary N) is 1. The highest BCUT2D eigenvalue weighted by Crippen LogP contribution is 2.29. The van der Waals surface area contributed by atoms with E-state index in [1.165, 1.54) is 13.2 Å². The molecule has 78 valence electrons. The molecule has 0 radical (unpaired) electrons. The van der Waals surface area contributed by atoms with E-state index in [9.17, 15) is 4.39 Å². The van der Waals surface area contributed by atoms with Gasteiger partial charge in [0.05, 0.1) is 19.8 Å². The first-order valence-electron chi connectivity index (χ1n) is 4.31. The van der Waals surface area contributed by atoms with Gasteiger partial charge in [0.2, 0.25) is 0 Å². The molecule has 0 spiro atoms. The standard InChI is InChI=1S/C10H14FNO2/c1-6-3-4-7(11)10(14-2)9(6)8(12)5-13/h3-4,8,13H,5,12H2,1-2H3. The lowest BCUT2D eigenvalue weighted by atomic mass is 10.0. The molecule has 3 N–H and O–H groups in total. The van der Waals surface area contributed by atoms with Gasteiger partial charge in [-0.05, 0) is 18.6 Å². The van der Waals surface area contributed by atoms with Gasteiger partial charge < -0.3 is 15.6 Å². The maximum absolute atomic E-state index is 13.3. The third-order valence-corrected chi connectivity index (χ3v) is 2.14. The Morgan fingerprint density at radius 1 is 1.57 bits per heavy atom. The fourth-order valence-corrected chi connectivity index (χ4v) is 1.43. The minimum atomic E-state index is -0.611. The predicted molar refractivity (Wildman–Crippen MR) is 51.7 cm³/mol. The van der Waals surface area contributed by atoms with Crippen molar-refractivity contribution in [3.63, 3.8) is 0 Å². The quantitative estimate of drug-likeness (QED) is 0.767. The molecule has 0 saturated carbocycles. The highest BCUT2D eigenvalue weighted by atomic mass is 19.1. The normalized spacial score (nSPS) is 12.6. The number of aliphatic hydroxyl groups excluding tert-OH is 1. The molecule has 1 unspecified atom stereocenters. The first kappa shape index (κ1) is 10.9. The van der Waals surface area contributed by atoms with Crippen LogP contribution in [0, 0.1) is 12.7 Å². The van der Waals surface area contributed by atoms with Crippen molar-refractivity contribution in [3.8, 4) is 5.75 Å². The Labute approximate surface area is 82.3 Å². The van der Waals surface area contributed by atoms with Gasteiger partial charge in [0, 0.05) is 5.56 Å². The Hall–Kier alpha value is -1.13. The van der Waals surface area contributed by atoms with Crippen molar-refractivity contribution in [2.24, 2.45) is 5.73 Å². The topological polar surface area (TPSA) is 55.5 Å². The van der Waals surface area contributed by atoms with Crippen LogP contribution in [-0.4, -0.2) is 18.8 Å². The van der Waals surface area contributed by atoms with Gasteiger partial charge in [-0.25, -0.2) is 4.39 Å². The molecule has 0 bridgehead atoms. The zero-order chi connectivity index (χ0) is 10.7. The molecule has 0 saturated heterocycles. The average Bonchev–Trinajstić information content (AvgIpc) is 2.19. The maximum Gasteiger partial charge on any atom is 0.165 e. The van der Waals surface area contributed by atoms with Crippen LogP contribution in [0.1, 0.15) is 17.2 Å². The van der Waals surface area contributed by atoms with E-state index in [0.717, 1.165) is 5.56 Å². The highest BCUT2D eigenvalue weighted by molar-refractivity contribution is 5.43. The van der Waals surface area contributed by atoms with Crippen molar-refractivity contribution < 1.29 is 14.2 Å². The molecule has 3 nitrogen and oxygen atoms in total. The number of ether oxygens (including phenoxy) is 1. The van der Waals surface area contributed by atoms with E-state index in [1.54, 1.807) is 13.0 Å². The molecular weight excluding hydrogens is 185 g/mol. The molecule has 1 rings (SSSR count). The lowest BCUT2D eigenvalue weighted by Gasteiger charge is -2.16. The monoisotopic (exact) mass is 199 g/mol. The van der Waals surface area contributed by atoms with Crippen molar-refractivity contribution in [1.82, 2.24) is 0 Å². The van der Waals surface area contributed by atoms with E-state index in [2.05, 4.69) is 0 Å². The summed E-state index contributed by atoms with van der Waals surface area (Å²) >= 11 is 0. The van der Waals surface area contributed by atoms with Crippen LogP contribution in [0.2, 0.25) is 0 Å². The SMILES string of the molecule is COc1c(F)ccc(C)c1C(N)CO. The van der Waals surface area contributed by atoms with E-state index in [4.69, 9.17) is 15.6 Å². The van der Waals surface area contributed by atoms with Crippen molar-refractivity contribution in [2.75, 3.05) is 13.7 Å². The third kappa shape index (κ3) is 1.86. The van der Waals surface area contributed by atoms with E-state index in [0.29, 0.717) is 5.56 Å². The lowest BCUT2D eigenvalue weighted by molar-refractivity contribution is 0.263. The second kappa shape index (κ2) is 4.39. The molecule has 0 aliphatic carbocycles. The highest BCUT2D eigenvalue weighted by Gasteiger charge is 2.17. The van der Waals surface area contributed by atoms with E-state index in [-0.39, 0.29) is 12.4 Å². The predicted octanol–water partition coefficient (Wildman–Crippen LogP) is 1.13. The molecule has 0 aromatic heterocycles. The van der Waals surface area contributed by atoms with Crippen molar-refractivity contribution in [1.29, 1.82) is 0 Å². The first-order chi connectivity index (χ1) is 6.61. The van der Waals surface area contributed by atoms with Crippen LogP contribution in [0.15, 0.2) is 12.1 Å². The Kier molecular flexibility index (Phi) is 3.43. The van der Waals surface area contributed by atoms with Crippen LogP contribution in [0.5, 0.6) is 5.75 Å². The van der Waals surface area contributed by atoms with Gasteiger partial charge in [-0.15, -0.1) is 0 Å². The van der Waals surface area contributed by atoms with Crippen LogP contribution in [0.4, 0.5) is 4.39 Å². The second-order valence-electron chi connectivity index (χ2n) is 3.10. The summed E-state index contributed by atoms with van der Waals surface area (Å²) < 4.78 is 18.2. The van der Waals surface area contributed by atoms with Gasteiger partial charge in [-0.2, -0.15) is 0 Å². The largest absolute Gasteiger partial charge is 0.493 e. The molecule has 0 fully saturated rings. The molecule has 1 aromatic carbocycles. The Morgan fingerprint density at radius 2 is 2.21 bits per heavy atom. The number of hydrogen-bond donors (Lipinski definition) is 2. The summed E-state index contributed by atoms with van der Waals surface area (Å²) in [6.45, 7) is 1.56. The fourth-order valence-electron chi connectivity index (χ4n) is 1.43. The Morgan fingerprint density at radius 3 is 2.71 bits per heavy atom. The molecule has 0 aliphatic rings. The minimum Gasteiger partial charge on any atom is -0.493 e. The fraction of sp³-hybridized carbons (Fsp3) is 0.400. The van der Waals surface area contributed by atoms with Gasteiger partial charge in [0.1, 0.15) is 0 Å². The molecular formula is C10H14FNO2. The van der Waals surface area contributed by atoms with E-state index >= 15 is 0 Å². The molecule has 0 aliphatic heterocycles. The number of aliphatic hydroxyl groups is 1. The smallest absolute Gasteiger partial charge is 0.165 e. The van der Waals surface area contributed by atoms with Crippen LogP contribution < -0.4 is 10.5 Å². The molecule has 4 heteroatoms. The second-order valence-corrected chi connectivity index (χ2v) is 3.10. The number of hydrogen-bond acceptors (Lipinski definition) is 3. The van der Waals surface area contributed by atoms with E-state index in [1.807, 2.05) is 0 Å². The summed E-state index contributed by atoms with van der Waals surface area (Å²) in [5.41, 5.74) is 6.98. The minimum absolute atomic E-state index is 0.117. The van der Waals surface area contributed by atoms with Crippen molar-refractivity contribution >= 4 is 0 Å². The summed E-state index contributed by atoms with van der Waals surface area (Å²) in [5.74, 6) is -0.344. The lowest BCUT2D eigenvalue weighted by Crippen LogP contribution is -2.17. The number of rotatable bonds is 3. The maximum atomic E-state index is 13.3. The van der Waals surface area contributed by atoms with Gasteiger partial charge in [0.15, 0.2) is 11.6 Å². The zero-order valence-electron chi connectivity index (χ0n) is 8.25. The van der Waals surface area contributed by atoms with Crippen molar-refractivity contribution in [3.05, 3.63) is 29.1 Å². The Balaban J connectivity index is 3.29. The number of aryl methyl sites for hydroxylation is 1. The van der Waals surface area contributed by atoms with E-state index < -0.39 is 11.9 Å². The Bertz CT molecular complexity index is 328. The molecule has 1 atom stereocenters. The van der Waals surface area contributed by atoms with Gasteiger partial charge in [-0.1, -0.05) is 6.07 Å². The van der Waals surface area contributed by atoms with Gasteiger partial charge in [0.25, 0.3) is 0 Å². The van der Waals surface area contributed by atoms with Gasteiger partial charge in [-0.3, -0.25) is 0 Å². The first-order valence-corrected chi connectivity index (χ1v) is 4.31. The number of halogens is 1. The summed E-state index contributed by atoms with van der Waals surface area (Å²) in [6, 6.07) is 2.32. The number of methoxy groups -OCH3 is 1. The summed E-state index contributed by atoms with van der Waals surface area (Å²) in [4.78, 5) is 0. The van der Waals surface area contributed by atoms with Gasteiger partial charge >= 0.3 is 0 Å². The van der Waals surface area contributed by atoms with Crippen molar-refractivity contribution in [2.45, 2.75) is 13.0 Å². The number of benzene rings is 1. The molecule has 14 heavy (non-hydrogen) atoms. The van der Waals surface area contributed by atoms with Crippen LogP contribution in [0.3, 0.4) is 0 Å². The molecule has 0 amide bonds. The molecule has 1 aromatic rings. The summed E-state index contributed by atoms with van der Waals surface area (Å²) in [5, 5.41) is 8.92. The summed E-state index contributed by atoms with van der Waals surface area (Å²) in [6.07, 6.45) is 0. The zero-order valence-corrected chi connectivity index (χ0v) is 8.25. The van der Waals surface area contributed by atoms with Crippen LogP contribution >= 0.6 is 0 Å². The van der Waals surface area contributed by atoms with Crippen LogP contribution in [0.25, 0.3) is 0 Å².